The molecule has 0 saturated carbocycles. The number of aliphatic hydroxyl groups is 1. The smallest absolute Gasteiger partial charge is 0.168 e. The second-order valence-corrected chi connectivity index (χ2v) is 4.43. The van der Waals surface area contributed by atoms with E-state index in [1.54, 1.807) is 31.2 Å². The highest BCUT2D eigenvalue weighted by atomic mass is 19.1. The van der Waals surface area contributed by atoms with Gasteiger partial charge in [-0.15, -0.1) is 0 Å². The Morgan fingerprint density at radius 2 is 1.84 bits per heavy atom. The number of hydrogen-bond acceptors (Lipinski definition) is 2. The van der Waals surface area contributed by atoms with Gasteiger partial charge in [0.05, 0.1) is 6.10 Å². The van der Waals surface area contributed by atoms with Crippen LogP contribution in [0.3, 0.4) is 0 Å². The summed E-state index contributed by atoms with van der Waals surface area (Å²) in [5.74, 6) is 0.170. The van der Waals surface area contributed by atoms with Gasteiger partial charge in [-0.1, -0.05) is 31.2 Å². The van der Waals surface area contributed by atoms with Gasteiger partial charge in [0.2, 0.25) is 0 Å². The molecule has 0 amide bonds. The molecule has 0 bridgehead atoms. The molecule has 2 aromatic rings. The molecule has 0 aliphatic carbocycles. The third-order valence-electron chi connectivity index (χ3n) is 3.00. The second kappa shape index (κ2) is 5.85. The zero-order valence-corrected chi connectivity index (χ0v) is 11.1. The Hall–Kier alpha value is -1.87. The molecule has 0 fully saturated rings. The number of benzene rings is 2. The second-order valence-electron chi connectivity index (χ2n) is 4.43. The molecule has 2 aromatic carbocycles. The van der Waals surface area contributed by atoms with Crippen molar-refractivity contribution < 1.29 is 14.2 Å². The standard InChI is InChI=1S/C16H17FO2/c1-3-12-7-9-13(10-8-12)19-16-14(11(2)18)5-4-6-15(16)17/h4-11,18H,3H2,1-2H3/t11-/m0/s1. The van der Waals surface area contributed by atoms with Crippen molar-refractivity contribution in [3.05, 3.63) is 59.4 Å². The molecule has 0 aliphatic rings. The molecule has 0 aromatic heterocycles. The zero-order chi connectivity index (χ0) is 13.8. The number of hydrogen-bond donors (Lipinski definition) is 1. The van der Waals surface area contributed by atoms with Gasteiger partial charge in [0.15, 0.2) is 11.6 Å². The third-order valence-corrected chi connectivity index (χ3v) is 3.00. The van der Waals surface area contributed by atoms with Gasteiger partial charge >= 0.3 is 0 Å². The summed E-state index contributed by atoms with van der Waals surface area (Å²) in [4.78, 5) is 0. The molecule has 0 saturated heterocycles. The lowest BCUT2D eigenvalue weighted by atomic mass is 10.1. The van der Waals surface area contributed by atoms with Gasteiger partial charge in [-0.25, -0.2) is 4.39 Å². The average Bonchev–Trinajstić information content (AvgIpc) is 2.41. The summed E-state index contributed by atoms with van der Waals surface area (Å²) in [6, 6.07) is 12.0. The highest BCUT2D eigenvalue weighted by Crippen LogP contribution is 2.32. The van der Waals surface area contributed by atoms with Crippen LogP contribution in [0.5, 0.6) is 11.5 Å². The summed E-state index contributed by atoms with van der Waals surface area (Å²) >= 11 is 0. The minimum Gasteiger partial charge on any atom is -0.454 e. The van der Waals surface area contributed by atoms with Crippen LogP contribution < -0.4 is 4.74 Å². The summed E-state index contributed by atoms with van der Waals surface area (Å²) in [5, 5.41) is 9.64. The van der Waals surface area contributed by atoms with Crippen LogP contribution in [-0.4, -0.2) is 5.11 Å². The molecule has 2 rings (SSSR count). The van der Waals surface area contributed by atoms with E-state index in [-0.39, 0.29) is 5.75 Å². The number of rotatable bonds is 4. The number of para-hydroxylation sites is 1. The Morgan fingerprint density at radius 1 is 1.16 bits per heavy atom. The number of aryl methyl sites for hydroxylation is 1. The average molecular weight is 260 g/mol. The highest BCUT2D eigenvalue weighted by molar-refractivity contribution is 5.40. The maximum atomic E-state index is 13.8. The van der Waals surface area contributed by atoms with Crippen molar-refractivity contribution in [2.24, 2.45) is 0 Å². The first-order valence-electron chi connectivity index (χ1n) is 6.35. The van der Waals surface area contributed by atoms with Crippen LogP contribution in [-0.2, 0) is 6.42 Å². The summed E-state index contributed by atoms with van der Waals surface area (Å²) in [5.41, 5.74) is 1.64. The van der Waals surface area contributed by atoms with Gasteiger partial charge in [0, 0.05) is 5.56 Å². The summed E-state index contributed by atoms with van der Waals surface area (Å²) in [7, 11) is 0. The lowest BCUT2D eigenvalue weighted by molar-refractivity contribution is 0.194. The molecule has 0 unspecified atom stereocenters. The van der Waals surface area contributed by atoms with Crippen molar-refractivity contribution in [2.75, 3.05) is 0 Å². The van der Waals surface area contributed by atoms with Crippen molar-refractivity contribution in [1.29, 1.82) is 0 Å². The highest BCUT2D eigenvalue weighted by Gasteiger charge is 2.14. The van der Waals surface area contributed by atoms with E-state index in [9.17, 15) is 9.50 Å². The van der Waals surface area contributed by atoms with E-state index in [4.69, 9.17) is 4.74 Å². The largest absolute Gasteiger partial charge is 0.454 e. The van der Waals surface area contributed by atoms with Crippen molar-refractivity contribution in [1.82, 2.24) is 0 Å². The van der Waals surface area contributed by atoms with Crippen molar-refractivity contribution in [2.45, 2.75) is 26.4 Å². The van der Waals surface area contributed by atoms with Gasteiger partial charge < -0.3 is 9.84 Å². The van der Waals surface area contributed by atoms with Crippen LogP contribution in [0, 0.1) is 5.82 Å². The van der Waals surface area contributed by atoms with E-state index in [2.05, 4.69) is 6.92 Å². The number of halogens is 1. The first-order chi connectivity index (χ1) is 9.11. The topological polar surface area (TPSA) is 29.5 Å². The van der Waals surface area contributed by atoms with Crippen LogP contribution in [0.25, 0.3) is 0 Å². The molecular weight excluding hydrogens is 243 g/mol. The van der Waals surface area contributed by atoms with E-state index in [1.807, 2.05) is 12.1 Å². The summed E-state index contributed by atoms with van der Waals surface area (Å²) < 4.78 is 19.4. The minimum atomic E-state index is -0.777. The lowest BCUT2D eigenvalue weighted by Crippen LogP contribution is -1.98. The van der Waals surface area contributed by atoms with Gasteiger partial charge in [-0.05, 0) is 37.1 Å². The van der Waals surface area contributed by atoms with E-state index >= 15 is 0 Å². The fourth-order valence-electron chi connectivity index (χ4n) is 1.87. The molecule has 0 radical (unpaired) electrons. The Labute approximate surface area is 112 Å². The van der Waals surface area contributed by atoms with E-state index in [0.29, 0.717) is 11.3 Å². The molecule has 1 atom stereocenters. The maximum absolute atomic E-state index is 13.8. The van der Waals surface area contributed by atoms with Crippen LogP contribution in [0.15, 0.2) is 42.5 Å². The number of ether oxygens (including phenoxy) is 1. The minimum absolute atomic E-state index is 0.0850. The Morgan fingerprint density at radius 3 is 2.42 bits per heavy atom. The molecule has 0 heterocycles. The summed E-state index contributed by atoms with van der Waals surface area (Å²) in [6.45, 7) is 3.65. The predicted molar refractivity (Wildman–Crippen MR) is 72.9 cm³/mol. The van der Waals surface area contributed by atoms with Crippen LogP contribution >= 0.6 is 0 Å². The fourth-order valence-corrected chi connectivity index (χ4v) is 1.87. The number of aliphatic hydroxyl groups excluding tert-OH is 1. The molecule has 0 aliphatic heterocycles. The molecule has 0 spiro atoms. The fraction of sp³-hybridized carbons (Fsp3) is 0.250. The van der Waals surface area contributed by atoms with E-state index < -0.39 is 11.9 Å². The zero-order valence-electron chi connectivity index (χ0n) is 11.1. The molecule has 3 heteroatoms. The van der Waals surface area contributed by atoms with Crippen molar-refractivity contribution in [3.63, 3.8) is 0 Å². The van der Waals surface area contributed by atoms with Gasteiger partial charge in [0.25, 0.3) is 0 Å². The van der Waals surface area contributed by atoms with Crippen LogP contribution in [0.1, 0.15) is 31.1 Å². The van der Waals surface area contributed by atoms with Crippen molar-refractivity contribution >= 4 is 0 Å². The lowest BCUT2D eigenvalue weighted by Gasteiger charge is -2.14. The maximum Gasteiger partial charge on any atom is 0.168 e. The Balaban J connectivity index is 2.31. The van der Waals surface area contributed by atoms with Gasteiger partial charge in [-0.2, -0.15) is 0 Å². The Bertz CT molecular complexity index is 547. The van der Waals surface area contributed by atoms with Crippen LogP contribution in [0.2, 0.25) is 0 Å². The molecular formula is C16H17FO2. The molecule has 1 N–H and O–H groups in total. The predicted octanol–water partition coefficient (Wildman–Crippen LogP) is 4.23. The van der Waals surface area contributed by atoms with E-state index in [1.165, 1.54) is 11.6 Å². The SMILES string of the molecule is CCc1ccc(Oc2c(F)cccc2[C@H](C)O)cc1. The first kappa shape index (κ1) is 13.6. The van der Waals surface area contributed by atoms with Crippen LogP contribution in [0.4, 0.5) is 4.39 Å². The molecule has 2 nitrogen and oxygen atoms in total. The van der Waals surface area contributed by atoms with E-state index in [0.717, 1.165) is 6.42 Å². The monoisotopic (exact) mass is 260 g/mol. The summed E-state index contributed by atoms with van der Waals surface area (Å²) in [6.07, 6.45) is 0.166. The van der Waals surface area contributed by atoms with Crippen molar-refractivity contribution in [3.8, 4) is 11.5 Å². The molecule has 19 heavy (non-hydrogen) atoms. The molecule has 100 valence electrons. The van der Waals surface area contributed by atoms with Gasteiger partial charge in [-0.3, -0.25) is 0 Å². The normalized spacial score (nSPS) is 12.2. The Kier molecular flexibility index (Phi) is 4.17. The first-order valence-corrected chi connectivity index (χ1v) is 6.35. The quantitative estimate of drug-likeness (QED) is 0.891. The van der Waals surface area contributed by atoms with Gasteiger partial charge in [0.1, 0.15) is 5.75 Å². The third kappa shape index (κ3) is 3.12.